The van der Waals surface area contributed by atoms with E-state index in [0.717, 1.165) is 25.7 Å². The minimum Gasteiger partial charge on any atom is -0.393 e. The van der Waals surface area contributed by atoms with Crippen molar-refractivity contribution < 1.29 is 9.90 Å². The van der Waals surface area contributed by atoms with Crippen LogP contribution in [0, 0.1) is 5.92 Å². The Balaban J connectivity index is 2.56. The molecule has 3 heteroatoms. The third-order valence-corrected chi connectivity index (χ3v) is 3.33. The van der Waals surface area contributed by atoms with Gasteiger partial charge in [0.25, 0.3) is 0 Å². The zero-order valence-electron chi connectivity index (χ0n) is 10.9. The third-order valence-electron chi connectivity index (χ3n) is 3.33. The molecule has 0 aromatic rings. The van der Waals surface area contributed by atoms with E-state index in [-0.39, 0.29) is 12.0 Å². The molecule has 1 rings (SSSR count). The predicted molar refractivity (Wildman–Crippen MR) is 65.3 cm³/mol. The van der Waals surface area contributed by atoms with Gasteiger partial charge in [-0.3, -0.25) is 4.79 Å². The first kappa shape index (κ1) is 13.7. The number of Topliss-reactive ketones (excluding diaryl/α,β-unsaturated/α-hetero) is 1. The van der Waals surface area contributed by atoms with Gasteiger partial charge in [0.05, 0.1) is 11.6 Å². The highest BCUT2D eigenvalue weighted by molar-refractivity contribution is 5.89. The minimum absolute atomic E-state index is 0.129. The van der Waals surface area contributed by atoms with Crippen LogP contribution in [-0.2, 0) is 4.79 Å². The first-order chi connectivity index (χ1) is 7.33. The average Bonchev–Trinajstić information content (AvgIpc) is 2.16. The number of ketones is 1. The van der Waals surface area contributed by atoms with Gasteiger partial charge in [-0.15, -0.1) is 0 Å². The van der Waals surface area contributed by atoms with Crippen LogP contribution in [0.2, 0.25) is 0 Å². The number of nitrogens with one attached hydrogen (secondary N) is 1. The Labute approximate surface area is 98.6 Å². The van der Waals surface area contributed by atoms with Crippen LogP contribution in [0.25, 0.3) is 0 Å². The molecule has 0 atom stereocenters. The number of hydrogen-bond acceptors (Lipinski definition) is 3. The third kappa shape index (κ3) is 3.56. The van der Waals surface area contributed by atoms with E-state index >= 15 is 0 Å². The zero-order valence-corrected chi connectivity index (χ0v) is 10.9. The lowest BCUT2D eigenvalue weighted by Gasteiger charge is -2.33. The molecule has 0 radical (unpaired) electrons. The first-order valence-corrected chi connectivity index (χ1v) is 6.33. The molecule has 0 aromatic heterocycles. The molecule has 16 heavy (non-hydrogen) atoms. The summed E-state index contributed by atoms with van der Waals surface area (Å²) < 4.78 is 0. The maximum Gasteiger partial charge on any atom is 0.155 e. The Kier molecular flexibility index (Phi) is 4.51. The lowest BCUT2D eigenvalue weighted by Crippen LogP contribution is -2.52. The van der Waals surface area contributed by atoms with E-state index in [0.29, 0.717) is 11.8 Å². The molecule has 0 heterocycles. The molecular formula is C13H25NO2. The molecule has 1 fully saturated rings. The first-order valence-electron chi connectivity index (χ1n) is 6.33. The second-order valence-corrected chi connectivity index (χ2v) is 5.79. The molecule has 0 saturated heterocycles. The van der Waals surface area contributed by atoms with Crippen molar-refractivity contribution in [1.82, 2.24) is 5.32 Å². The zero-order chi connectivity index (χ0) is 12.3. The molecule has 0 bridgehead atoms. The lowest BCUT2D eigenvalue weighted by atomic mass is 9.78. The van der Waals surface area contributed by atoms with Gasteiger partial charge in [0, 0.05) is 12.0 Å². The highest BCUT2D eigenvalue weighted by Gasteiger charge is 2.35. The van der Waals surface area contributed by atoms with Crippen LogP contribution < -0.4 is 5.32 Å². The van der Waals surface area contributed by atoms with E-state index in [1.165, 1.54) is 0 Å². The Bertz CT molecular complexity index is 240. The van der Waals surface area contributed by atoms with Crippen molar-refractivity contribution in [2.45, 2.75) is 71.1 Å². The van der Waals surface area contributed by atoms with Crippen LogP contribution in [0.1, 0.15) is 53.4 Å². The van der Waals surface area contributed by atoms with Gasteiger partial charge in [0.1, 0.15) is 0 Å². The fraction of sp³-hybridized carbons (Fsp3) is 0.923. The molecule has 1 aliphatic carbocycles. The number of carbonyl (C=O) groups excluding carboxylic acids is 1. The molecule has 0 aromatic carbocycles. The smallest absolute Gasteiger partial charge is 0.155 e. The van der Waals surface area contributed by atoms with E-state index < -0.39 is 5.54 Å². The summed E-state index contributed by atoms with van der Waals surface area (Å²) in [6.45, 7) is 8.03. The summed E-state index contributed by atoms with van der Waals surface area (Å²) in [5.74, 6) is 0.428. The van der Waals surface area contributed by atoms with Gasteiger partial charge in [0.2, 0.25) is 0 Å². The normalized spacial score (nSPS) is 27.1. The summed E-state index contributed by atoms with van der Waals surface area (Å²) in [7, 11) is 0. The second kappa shape index (κ2) is 5.28. The lowest BCUT2D eigenvalue weighted by molar-refractivity contribution is -0.130. The standard InChI is InChI=1S/C13H25NO2/c1-9(2)14-13(3,4)12(16)10-5-7-11(15)8-6-10/h9-11,14-15H,5-8H2,1-4H3. The van der Waals surface area contributed by atoms with Gasteiger partial charge in [-0.1, -0.05) is 0 Å². The summed E-state index contributed by atoms with van der Waals surface area (Å²) in [5.41, 5.74) is -0.443. The van der Waals surface area contributed by atoms with Crippen molar-refractivity contribution >= 4 is 5.78 Å². The van der Waals surface area contributed by atoms with Gasteiger partial charge in [-0.2, -0.15) is 0 Å². The summed E-state index contributed by atoms with van der Waals surface area (Å²) in [6, 6.07) is 0.313. The van der Waals surface area contributed by atoms with E-state index in [4.69, 9.17) is 0 Å². The number of aliphatic hydroxyl groups is 1. The Hall–Kier alpha value is -0.410. The van der Waals surface area contributed by atoms with Crippen molar-refractivity contribution in [2.75, 3.05) is 0 Å². The molecule has 0 spiro atoms. The molecule has 94 valence electrons. The molecule has 2 N–H and O–H groups in total. The largest absolute Gasteiger partial charge is 0.393 e. The summed E-state index contributed by atoms with van der Waals surface area (Å²) >= 11 is 0. The van der Waals surface area contributed by atoms with Crippen LogP contribution in [0.5, 0.6) is 0 Å². The number of aliphatic hydroxyl groups excluding tert-OH is 1. The molecule has 1 saturated carbocycles. The summed E-state index contributed by atoms with van der Waals surface area (Å²) in [6.07, 6.45) is 3.03. The van der Waals surface area contributed by atoms with Gasteiger partial charge in [0.15, 0.2) is 5.78 Å². The Morgan fingerprint density at radius 3 is 2.19 bits per heavy atom. The van der Waals surface area contributed by atoms with Crippen LogP contribution in [0.4, 0.5) is 0 Å². The molecule has 1 aliphatic rings. The van der Waals surface area contributed by atoms with Gasteiger partial charge in [-0.05, 0) is 53.4 Å². The summed E-state index contributed by atoms with van der Waals surface area (Å²) in [4.78, 5) is 12.3. The molecular weight excluding hydrogens is 202 g/mol. The van der Waals surface area contributed by atoms with Crippen molar-refractivity contribution in [3.63, 3.8) is 0 Å². The van der Waals surface area contributed by atoms with Crippen LogP contribution in [0.15, 0.2) is 0 Å². The topological polar surface area (TPSA) is 49.3 Å². The number of rotatable bonds is 4. The SMILES string of the molecule is CC(C)NC(C)(C)C(=O)C1CCC(O)CC1. The van der Waals surface area contributed by atoms with E-state index in [1.807, 2.05) is 13.8 Å². The quantitative estimate of drug-likeness (QED) is 0.771. The molecule has 0 aliphatic heterocycles. The molecule has 0 amide bonds. The highest BCUT2D eigenvalue weighted by Crippen LogP contribution is 2.28. The molecule has 0 unspecified atom stereocenters. The maximum atomic E-state index is 12.3. The van der Waals surface area contributed by atoms with Crippen LogP contribution >= 0.6 is 0 Å². The fourth-order valence-electron chi connectivity index (χ4n) is 2.64. The summed E-state index contributed by atoms with van der Waals surface area (Å²) in [5, 5.41) is 12.7. The average molecular weight is 227 g/mol. The van der Waals surface area contributed by atoms with E-state index in [1.54, 1.807) is 0 Å². The van der Waals surface area contributed by atoms with Gasteiger partial charge in [-0.25, -0.2) is 0 Å². The number of carbonyl (C=O) groups is 1. The van der Waals surface area contributed by atoms with Crippen molar-refractivity contribution in [1.29, 1.82) is 0 Å². The Morgan fingerprint density at radius 2 is 1.75 bits per heavy atom. The van der Waals surface area contributed by atoms with Crippen molar-refractivity contribution in [2.24, 2.45) is 5.92 Å². The predicted octanol–water partition coefficient (Wildman–Crippen LogP) is 1.88. The second-order valence-electron chi connectivity index (χ2n) is 5.79. The van der Waals surface area contributed by atoms with Gasteiger partial charge >= 0.3 is 0 Å². The van der Waals surface area contributed by atoms with Crippen molar-refractivity contribution in [3.05, 3.63) is 0 Å². The van der Waals surface area contributed by atoms with Crippen LogP contribution in [-0.4, -0.2) is 28.6 Å². The fourth-order valence-corrected chi connectivity index (χ4v) is 2.64. The Morgan fingerprint density at radius 1 is 1.25 bits per heavy atom. The monoisotopic (exact) mass is 227 g/mol. The van der Waals surface area contributed by atoms with Crippen LogP contribution in [0.3, 0.4) is 0 Å². The maximum absolute atomic E-state index is 12.3. The van der Waals surface area contributed by atoms with Gasteiger partial charge < -0.3 is 10.4 Å². The molecule has 3 nitrogen and oxygen atoms in total. The minimum atomic E-state index is -0.443. The van der Waals surface area contributed by atoms with E-state index in [9.17, 15) is 9.90 Å². The number of hydrogen-bond donors (Lipinski definition) is 2. The van der Waals surface area contributed by atoms with E-state index in [2.05, 4.69) is 19.2 Å². The van der Waals surface area contributed by atoms with Crippen molar-refractivity contribution in [3.8, 4) is 0 Å². The highest BCUT2D eigenvalue weighted by atomic mass is 16.3.